The van der Waals surface area contributed by atoms with E-state index in [4.69, 9.17) is 0 Å². The molecule has 67 heavy (non-hydrogen) atoms. The molecule has 24 heteroatoms. The van der Waals surface area contributed by atoms with Crippen LogP contribution in [-0.2, 0) is 56.1 Å². The van der Waals surface area contributed by atoms with E-state index in [1.807, 2.05) is 4.90 Å². The fourth-order valence-corrected chi connectivity index (χ4v) is 10.4. The van der Waals surface area contributed by atoms with Crippen LogP contribution in [-0.4, -0.2) is 92.7 Å². The normalized spacial score (nSPS) is 18.1. The van der Waals surface area contributed by atoms with Crippen LogP contribution in [0.15, 0.2) is 88.3 Å². The lowest BCUT2D eigenvalue weighted by Crippen LogP contribution is -2.29. The van der Waals surface area contributed by atoms with Gasteiger partial charge >= 0.3 is 5.97 Å². The molecule has 2 aliphatic heterocycles. The first-order valence-electron chi connectivity index (χ1n) is 20.6. The lowest BCUT2D eigenvalue weighted by atomic mass is 9.77. The summed E-state index contributed by atoms with van der Waals surface area (Å²) >= 11 is 0. The van der Waals surface area contributed by atoms with Crippen molar-refractivity contribution >= 4 is 63.5 Å². The van der Waals surface area contributed by atoms with Gasteiger partial charge < -0.3 is 14.2 Å². The van der Waals surface area contributed by atoms with Crippen LogP contribution in [0.3, 0.4) is 0 Å². The molecule has 1 atom stereocenters. The van der Waals surface area contributed by atoms with Crippen LogP contribution in [0.5, 0.6) is 5.75 Å². The molecule has 0 fully saturated rings. The molecule has 0 aromatic heterocycles. The standard InChI is InChI=1S/C43H48F4N2O14S4/c1-42(2)30-25-28(66(57,58)59)16-18-34(30)48(22-12-24-65(54,55)56)36(42)13-6-4-7-14-37-43(3,20-9-11-23-64(51,52)53)31-26-29(67(60,61)62)17-19-35(31)49(37)21-10-5-8-15-38(50)63-41-39(46)32(44)27-33(45)40(41)47/h4,6-7,13-14,16-19,25-27H,5,8-12,15,20-24H2,1-3H3,(H3-,51,52,53,54,55,56,57,58,59,60,61,62). The molecule has 366 valence electrons. The average Bonchev–Trinajstić information content (AvgIpc) is 3.57. The second-order valence-electron chi connectivity index (χ2n) is 16.7. The highest BCUT2D eigenvalue weighted by molar-refractivity contribution is 7.86. The van der Waals surface area contributed by atoms with Gasteiger partial charge in [0, 0.05) is 60.0 Å². The van der Waals surface area contributed by atoms with Crippen molar-refractivity contribution in [1.82, 2.24) is 0 Å². The second kappa shape index (κ2) is 20.4. The molecule has 0 aliphatic carbocycles. The Labute approximate surface area is 386 Å². The molecule has 0 bridgehead atoms. The second-order valence-corrected chi connectivity index (χ2v) is 22.6. The van der Waals surface area contributed by atoms with E-state index in [1.54, 1.807) is 55.7 Å². The number of allylic oxidation sites excluding steroid dienone is 6. The first kappa shape index (κ1) is 53.1. The third kappa shape index (κ3) is 12.8. The maximum atomic E-state index is 14.1. The Morgan fingerprint density at radius 3 is 1.97 bits per heavy atom. The molecule has 0 amide bonds. The number of nitrogens with zero attached hydrogens (tertiary/aromatic N) is 2. The van der Waals surface area contributed by atoms with Crippen molar-refractivity contribution in [2.24, 2.45) is 0 Å². The van der Waals surface area contributed by atoms with E-state index in [-0.39, 0.29) is 62.6 Å². The van der Waals surface area contributed by atoms with Crippen molar-refractivity contribution < 1.29 is 83.6 Å². The molecule has 3 N–H and O–H groups in total. The van der Waals surface area contributed by atoms with Gasteiger partial charge in [0.1, 0.15) is 16.7 Å². The van der Waals surface area contributed by atoms with Crippen molar-refractivity contribution in [1.29, 1.82) is 0 Å². The van der Waals surface area contributed by atoms with Crippen LogP contribution in [0, 0.1) is 23.3 Å². The summed E-state index contributed by atoms with van der Waals surface area (Å²) in [5, 5.41) is 0. The summed E-state index contributed by atoms with van der Waals surface area (Å²) in [6.07, 6.45) is 9.04. The quantitative estimate of drug-likeness (QED) is 0.0141. The summed E-state index contributed by atoms with van der Waals surface area (Å²) in [4.78, 5) is 13.4. The lowest BCUT2D eigenvalue weighted by Gasteiger charge is -2.30. The first-order chi connectivity index (χ1) is 31.0. The van der Waals surface area contributed by atoms with Crippen molar-refractivity contribution in [3.8, 4) is 5.75 Å². The average molecular weight is 1020 g/mol. The minimum Gasteiger partial charge on any atom is -0.744 e. The highest BCUT2D eigenvalue weighted by Gasteiger charge is 2.45. The molecule has 0 saturated heterocycles. The van der Waals surface area contributed by atoms with E-state index in [0.29, 0.717) is 40.3 Å². The topological polar surface area (TPSA) is 253 Å². The van der Waals surface area contributed by atoms with E-state index in [2.05, 4.69) is 4.74 Å². The van der Waals surface area contributed by atoms with E-state index >= 15 is 0 Å². The maximum absolute atomic E-state index is 14.1. The summed E-state index contributed by atoms with van der Waals surface area (Å²) in [6, 6.07) is 7.79. The van der Waals surface area contributed by atoms with Crippen LogP contribution >= 0.6 is 0 Å². The minimum atomic E-state index is -4.96. The molecular formula is C43H48F4N2O14S4. The molecule has 5 rings (SSSR count). The largest absolute Gasteiger partial charge is 0.744 e. The fourth-order valence-electron chi connectivity index (χ4n) is 8.29. The van der Waals surface area contributed by atoms with Crippen molar-refractivity contribution in [2.75, 3.05) is 29.5 Å². The highest BCUT2D eigenvalue weighted by atomic mass is 32.2. The highest BCUT2D eigenvalue weighted by Crippen LogP contribution is 2.51. The number of carbonyl (C=O) groups is 1. The molecule has 0 radical (unpaired) electrons. The van der Waals surface area contributed by atoms with E-state index in [9.17, 15) is 74.2 Å². The molecule has 2 heterocycles. The number of ether oxygens (including phenoxy) is 1. The third-order valence-electron chi connectivity index (χ3n) is 11.6. The summed E-state index contributed by atoms with van der Waals surface area (Å²) in [7, 11) is -18.2. The Hall–Kier alpha value is -4.82. The van der Waals surface area contributed by atoms with Crippen LogP contribution in [0.1, 0.15) is 83.3 Å². The zero-order chi connectivity index (χ0) is 49.9. The zero-order valence-electron chi connectivity index (χ0n) is 36.3. The Morgan fingerprint density at radius 1 is 0.746 bits per heavy atom. The predicted octanol–water partition coefficient (Wildman–Crippen LogP) is 7.05. The van der Waals surface area contributed by atoms with E-state index in [0.717, 1.165) is 6.07 Å². The molecule has 3 aromatic rings. The van der Waals surface area contributed by atoms with Crippen LogP contribution in [0.2, 0.25) is 0 Å². The number of hydrogen-bond donors (Lipinski definition) is 3. The smallest absolute Gasteiger partial charge is 0.311 e. The molecule has 16 nitrogen and oxygen atoms in total. The fraction of sp³-hybridized carbons (Fsp3) is 0.395. The summed E-state index contributed by atoms with van der Waals surface area (Å²) < 4.78 is 197. The van der Waals surface area contributed by atoms with Crippen LogP contribution in [0.4, 0.5) is 28.9 Å². The molecule has 2 aliphatic rings. The Balaban J connectivity index is 1.47. The van der Waals surface area contributed by atoms with Gasteiger partial charge in [-0.05, 0) is 88.4 Å². The molecular weight excluding hydrogens is 973 g/mol. The summed E-state index contributed by atoms with van der Waals surface area (Å²) in [6.45, 7) is 5.64. The number of anilines is 1. The predicted molar refractivity (Wildman–Crippen MR) is 236 cm³/mol. The number of hydrogen-bond acceptors (Lipinski definition) is 12. The summed E-state index contributed by atoms with van der Waals surface area (Å²) in [5.41, 5.74) is 1.10. The molecule has 3 aromatic carbocycles. The Morgan fingerprint density at radius 2 is 1.36 bits per heavy atom. The van der Waals surface area contributed by atoms with E-state index < -0.39 is 109 Å². The van der Waals surface area contributed by atoms with Crippen molar-refractivity contribution in [3.63, 3.8) is 0 Å². The van der Waals surface area contributed by atoms with E-state index in [1.165, 1.54) is 30.3 Å². The number of unbranched alkanes of at least 4 members (excludes halogenated alkanes) is 3. The third-order valence-corrected chi connectivity index (χ3v) is 14.8. The van der Waals surface area contributed by atoms with Gasteiger partial charge in [-0.3, -0.25) is 18.5 Å². The van der Waals surface area contributed by atoms with Crippen LogP contribution in [0.25, 0.3) is 0 Å². The lowest BCUT2D eigenvalue weighted by molar-refractivity contribution is -0.437. The van der Waals surface area contributed by atoms with Gasteiger partial charge in [0.15, 0.2) is 17.3 Å². The number of halogens is 4. The summed E-state index contributed by atoms with van der Waals surface area (Å²) in [5.74, 6) is -11.1. The zero-order valence-corrected chi connectivity index (χ0v) is 39.6. The number of rotatable bonds is 21. The number of benzene rings is 3. The Bertz CT molecular complexity index is 3000. The van der Waals surface area contributed by atoms with Gasteiger partial charge in [0.05, 0.1) is 26.7 Å². The SMILES string of the molecule is CC1(C)C(C=CC=CC=C2N(CCCCCC(=O)Oc3c(F)c(F)cc(F)c3F)c3ccc(S(=O)(=O)[O-])cc3C2(C)CCCCS(=O)(=O)O)=[N+](CCCS(=O)(=O)O)c2ccc(S(=O)(=O)O)cc21. The monoisotopic (exact) mass is 1020 g/mol. The van der Waals surface area contributed by atoms with Gasteiger partial charge in [-0.2, -0.15) is 38.6 Å². The maximum Gasteiger partial charge on any atom is 0.311 e. The number of fused-ring (bicyclic) bond motifs is 2. The number of carbonyl (C=O) groups excluding carboxylic acids is 1. The van der Waals surface area contributed by atoms with Gasteiger partial charge in [-0.25, -0.2) is 17.2 Å². The molecule has 1 unspecified atom stereocenters. The van der Waals surface area contributed by atoms with Gasteiger partial charge in [0.2, 0.25) is 23.1 Å². The Kier molecular flexibility index (Phi) is 16.2. The van der Waals surface area contributed by atoms with Gasteiger partial charge in [-0.1, -0.05) is 31.1 Å². The molecule has 0 saturated carbocycles. The van der Waals surface area contributed by atoms with Crippen molar-refractivity contribution in [3.05, 3.63) is 113 Å². The minimum absolute atomic E-state index is 0.0115. The van der Waals surface area contributed by atoms with Crippen molar-refractivity contribution in [2.45, 2.75) is 92.8 Å². The van der Waals surface area contributed by atoms with Gasteiger partial charge in [-0.15, -0.1) is 0 Å². The first-order valence-corrected chi connectivity index (χ1v) is 26.7. The van der Waals surface area contributed by atoms with Crippen LogP contribution < -0.4 is 9.64 Å². The molecule has 0 spiro atoms. The van der Waals surface area contributed by atoms with Gasteiger partial charge in [0.25, 0.3) is 30.4 Å². The number of esters is 1.